The average Bonchev–Trinajstić information content (AvgIpc) is 3.44. The quantitative estimate of drug-likeness (QED) is 0.387. The highest BCUT2D eigenvalue weighted by atomic mass is 16.4. The molecule has 0 fully saturated rings. The molecule has 35 heavy (non-hydrogen) atoms. The fourth-order valence-electron chi connectivity index (χ4n) is 3.40. The fraction of sp³-hybridized carbons (Fsp3) is 0.417. The Hall–Kier alpha value is -4.04. The molecule has 1 aromatic carbocycles. The Morgan fingerprint density at radius 1 is 1.26 bits per heavy atom. The molecule has 184 valence electrons. The fourth-order valence-corrected chi connectivity index (χ4v) is 3.40. The number of hydrogen-bond donors (Lipinski definition) is 3. The summed E-state index contributed by atoms with van der Waals surface area (Å²) in [5.74, 6) is -0.118. The van der Waals surface area contributed by atoms with Crippen molar-refractivity contribution >= 4 is 11.8 Å². The van der Waals surface area contributed by atoms with Crippen molar-refractivity contribution in [2.24, 2.45) is 12.8 Å². The molecule has 0 aliphatic carbocycles. The van der Waals surface area contributed by atoms with Crippen LogP contribution in [0.3, 0.4) is 0 Å². The van der Waals surface area contributed by atoms with Crippen LogP contribution in [0.1, 0.15) is 48.4 Å². The second-order valence-electron chi connectivity index (χ2n) is 9.13. The highest BCUT2D eigenvalue weighted by Gasteiger charge is 2.26. The number of amides is 2. The summed E-state index contributed by atoms with van der Waals surface area (Å²) in [7, 11) is 1.68. The number of aromatic nitrogens is 4. The van der Waals surface area contributed by atoms with Crippen LogP contribution in [0.4, 0.5) is 0 Å². The number of nitriles is 1. The molecule has 2 amide bonds. The van der Waals surface area contributed by atoms with Crippen molar-refractivity contribution in [2.75, 3.05) is 13.1 Å². The van der Waals surface area contributed by atoms with Crippen molar-refractivity contribution in [1.82, 2.24) is 30.6 Å². The maximum Gasteiger partial charge on any atom is 0.270 e. The van der Waals surface area contributed by atoms with Crippen LogP contribution in [-0.4, -0.2) is 50.9 Å². The molecule has 3 aromatic rings. The highest BCUT2D eigenvalue weighted by Crippen LogP contribution is 2.22. The van der Waals surface area contributed by atoms with Gasteiger partial charge in [-0.2, -0.15) is 10.4 Å². The largest absolute Gasteiger partial charge is 0.421 e. The molecular formula is C24H30N8O3. The molecular weight excluding hydrogens is 448 g/mol. The van der Waals surface area contributed by atoms with E-state index in [1.807, 2.05) is 45.0 Å². The van der Waals surface area contributed by atoms with Crippen LogP contribution in [0, 0.1) is 11.3 Å². The zero-order valence-electron chi connectivity index (χ0n) is 20.3. The van der Waals surface area contributed by atoms with E-state index in [-0.39, 0.29) is 18.4 Å². The lowest BCUT2D eigenvalue weighted by Crippen LogP contribution is -2.48. The third-order valence-corrected chi connectivity index (χ3v) is 5.28. The number of nitrogens with zero attached hydrogens (tertiary/aromatic N) is 5. The van der Waals surface area contributed by atoms with Gasteiger partial charge in [0.05, 0.1) is 11.8 Å². The first-order chi connectivity index (χ1) is 16.6. The Morgan fingerprint density at radius 2 is 2.03 bits per heavy atom. The smallest absolute Gasteiger partial charge is 0.270 e. The minimum atomic E-state index is -0.922. The van der Waals surface area contributed by atoms with Gasteiger partial charge in [0.25, 0.3) is 5.91 Å². The van der Waals surface area contributed by atoms with Crippen LogP contribution in [0.15, 0.2) is 34.7 Å². The molecule has 4 N–H and O–H groups in total. The van der Waals surface area contributed by atoms with Crippen molar-refractivity contribution in [2.45, 2.75) is 45.1 Å². The lowest BCUT2D eigenvalue weighted by Gasteiger charge is -2.18. The lowest BCUT2D eigenvalue weighted by molar-refractivity contribution is -0.122. The van der Waals surface area contributed by atoms with E-state index in [2.05, 4.69) is 25.9 Å². The molecule has 0 bridgehead atoms. The number of nitrogens with two attached hydrogens (primary N) is 1. The van der Waals surface area contributed by atoms with Crippen molar-refractivity contribution in [3.05, 3.63) is 53.2 Å². The van der Waals surface area contributed by atoms with Gasteiger partial charge in [0.2, 0.25) is 17.7 Å². The maximum absolute atomic E-state index is 13.1. The van der Waals surface area contributed by atoms with E-state index in [4.69, 9.17) is 15.4 Å². The molecule has 1 atom stereocenters. The molecule has 3 rings (SSSR count). The molecule has 0 radical (unpaired) electrons. The van der Waals surface area contributed by atoms with E-state index in [0.717, 1.165) is 11.3 Å². The van der Waals surface area contributed by atoms with Crippen LogP contribution in [-0.2, 0) is 30.1 Å². The Morgan fingerprint density at radius 3 is 2.69 bits per heavy atom. The SMILES string of the molecule is Cn1nc(C(C)(C)C)cc1C(=O)N[C@@H](Cc1cccc(-c2nnc(CCN)o2)c1)C(=O)NCC#N. The molecule has 2 heterocycles. The molecule has 11 nitrogen and oxygen atoms in total. The Bertz CT molecular complexity index is 1230. The predicted octanol–water partition coefficient (Wildman–Crippen LogP) is 1.25. The Balaban J connectivity index is 1.83. The van der Waals surface area contributed by atoms with Gasteiger partial charge in [-0.15, -0.1) is 10.2 Å². The number of rotatable bonds is 9. The third-order valence-electron chi connectivity index (χ3n) is 5.28. The summed E-state index contributed by atoms with van der Waals surface area (Å²) >= 11 is 0. The first-order valence-electron chi connectivity index (χ1n) is 11.2. The molecule has 0 unspecified atom stereocenters. The lowest BCUT2D eigenvalue weighted by atomic mass is 9.92. The van der Waals surface area contributed by atoms with E-state index >= 15 is 0 Å². The number of benzene rings is 1. The van der Waals surface area contributed by atoms with Gasteiger partial charge in [0.15, 0.2) is 0 Å². The first-order valence-corrected chi connectivity index (χ1v) is 11.2. The van der Waals surface area contributed by atoms with Crippen LogP contribution < -0.4 is 16.4 Å². The second kappa shape index (κ2) is 10.9. The van der Waals surface area contributed by atoms with E-state index in [0.29, 0.717) is 36.0 Å². The Labute approximate surface area is 203 Å². The van der Waals surface area contributed by atoms with Gasteiger partial charge in [-0.3, -0.25) is 14.3 Å². The van der Waals surface area contributed by atoms with Crippen LogP contribution in [0.25, 0.3) is 11.5 Å². The third kappa shape index (κ3) is 6.51. The summed E-state index contributed by atoms with van der Waals surface area (Å²) in [6.07, 6.45) is 0.662. The monoisotopic (exact) mass is 478 g/mol. The summed E-state index contributed by atoms with van der Waals surface area (Å²) in [4.78, 5) is 25.9. The van der Waals surface area contributed by atoms with Gasteiger partial charge in [-0.05, 0) is 23.8 Å². The summed E-state index contributed by atoms with van der Waals surface area (Å²) in [6, 6.07) is 9.95. The number of nitrogens with one attached hydrogen (secondary N) is 2. The molecule has 0 aliphatic heterocycles. The average molecular weight is 479 g/mol. The molecule has 0 aliphatic rings. The van der Waals surface area contributed by atoms with Gasteiger partial charge in [-0.1, -0.05) is 32.9 Å². The number of hydrogen-bond acceptors (Lipinski definition) is 8. The van der Waals surface area contributed by atoms with E-state index < -0.39 is 17.9 Å². The zero-order valence-corrected chi connectivity index (χ0v) is 20.3. The predicted molar refractivity (Wildman–Crippen MR) is 128 cm³/mol. The normalized spacial score (nSPS) is 12.1. The number of aryl methyl sites for hydroxylation is 1. The molecule has 0 saturated carbocycles. The second-order valence-corrected chi connectivity index (χ2v) is 9.13. The van der Waals surface area contributed by atoms with Crippen molar-refractivity contribution in [3.63, 3.8) is 0 Å². The van der Waals surface area contributed by atoms with Crippen molar-refractivity contribution in [1.29, 1.82) is 5.26 Å². The minimum absolute atomic E-state index is 0.170. The molecule has 0 saturated heterocycles. The number of carbonyl (C=O) groups excluding carboxylic acids is 2. The topological polar surface area (TPSA) is 165 Å². The van der Waals surface area contributed by atoms with Crippen LogP contribution in [0.2, 0.25) is 0 Å². The first kappa shape index (κ1) is 25.6. The zero-order chi connectivity index (χ0) is 25.6. The summed E-state index contributed by atoms with van der Waals surface area (Å²) in [5.41, 5.74) is 7.84. The molecule has 11 heteroatoms. The molecule has 2 aromatic heterocycles. The summed E-state index contributed by atoms with van der Waals surface area (Å²) in [5, 5.41) is 26.6. The van der Waals surface area contributed by atoms with Crippen LogP contribution in [0.5, 0.6) is 0 Å². The highest BCUT2D eigenvalue weighted by molar-refractivity contribution is 5.96. The van der Waals surface area contributed by atoms with E-state index in [9.17, 15) is 9.59 Å². The van der Waals surface area contributed by atoms with Gasteiger partial charge in [0, 0.05) is 37.4 Å². The van der Waals surface area contributed by atoms with Crippen LogP contribution >= 0.6 is 0 Å². The van der Waals surface area contributed by atoms with Gasteiger partial charge in [-0.25, -0.2) is 0 Å². The van der Waals surface area contributed by atoms with Gasteiger partial charge in [0.1, 0.15) is 18.3 Å². The van der Waals surface area contributed by atoms with Gasteiger partial charge >= 0.3 is 0 Å². The Kier molecular flexibility index (Phi) is 7.98. The standard InChI is InChI=1S/C24H30N8O3/c1-24(2,3)19-14-18(32(4)31-19)22(34)28-17(21(33)27-11-10-26)13-15-6-5-7-16(12-15)23-30-29-20(35-23)8-9-25/h5-7,12,14,17H,8-9,11,13,25H2,1-4H3,(H,27,33)(H,28,34)/t17-/m0/s1. The van der Waals surface area contributed by atoms with Crippen molar-refractivity contribution in [3.8, 4) is 17.5 Å². The van der Waals surface area contributed by atoms with Gasteiger partial charge < -0.3 is 20.8 Å². The number of carbonyl (C=O) groups is 2. The summed E-state index contributed by atoms with van der Waals surface area (Å²) in [6.45, 7) is 6.24. The summed E-state index contributed by atoms with van der Waals surface area (Å²) < 4.78 is 7.13. The maximum atomic E-state index is 13.1. The van der Waals surface area contributed by atoms with Crippen molar-refractivity contribution < 1.29 is 14.0 Å². The minimum Gasteiger partial charge on any atom is -0.421 e. The van der Waals surface area contributed by atoms with E-state index in [1.165, 1.54) is 4.68 Å². The molecule has 0 spiro atoms. The van der Waals surface area contributed by atoms with E-state index in [1.54, 1.807) is 19.2 Å².